The van der Waals surface area contributed by atoms with Crippen LogP contribution < -0.4 is 10.6 Å². The summed E-state index contributed by atoms with van der Waals surface area (Å²) in [7, 11) is 4.02. The molecule has 0 bridgehead atoms. The van der Waals surface area contributed by atoms with Crippen molar-refractivity contribution in [2.45, 2.75) is 32.0 Å². The molecule has 1 aliphatic rings. The molecule has 8 heteroatoms. The maximum atomic E-state index is 12.9. The third-order valence-electron chi connectivity index (χ3n) is 4.77. The van der Waals surface area contributed by atoms with Crippen molar-refractivity contribution in [3.05, 3.63) is 23.4 Å². The summed E-state index contributed by atoms with van der Waals surface area (Å²) in [5.41, 5.74) is 4.32. The minimum Gasteiger partial charge on any atom is -0.365 e. The van der Waals surface area contributed by atoms with E-state index in [2.05, 4.69) is 16.8 Å². The van der Waals surface area contributed by atoms with Crippen LogP contribution in [0.25, 0.3) is 0 Å². The Bertz CT molecular complexity index is 595. The van der Waals surface area contributed by atoms with Gasteiger partial charge in [0.1, 0.15) is 11.5 Å². The van der Waals surface area contributed by atoms with Crippen molar-refractivity contribution in [1.29, 1.82) is 0 Å². The van der Waals surface area contributed by atoms with Crippen LogP contribution in [0, 0.1) is 5.92 Å². The molecule has 134 valence electrons. The lowest BCUT2D eigenvalue weighted by molar-refractivity contribution is -0.141. The fraction of sp³-hybridized carbons (Fsp3) is 0.625. The number of rotatable bonds is 4. The highest BCUT2D eigenvalue weighted by Crippen LogP contribution is 2.32. The van der Waals surface area contributed by atoms with Crippen molar-refractivity contribution in [1.82, 2.24) is 9.88 Å². The van der Waals surface area contributed by atoms with Crippen LogP contribution in [-0.4, -0.2) is 49.0 Å². The smallest absolute Gasteiger partial charge is 0.365 e. The second-order valence-electron chi connectivity index (χ2n) is 6.46. The summed E-state index contributed by atoms with van der Waals surface area (Å²) in [6.45, 7) is 3.24. The number of carbonyl (C=O) groups excluding carboxylic acids is 1. The van der Waals surface area contributed by atoms with E-state index in [4.69, 9.17) is 5.73 Å². The minimum absolute atomic E-state index is 0.0297. The molecule has 2 heterocycles. The largest absolute Gasteiger partial charge is 0.433 e. The van der Waals surface area contributed by atoms with E-state index < -0.39 is 17.8 Å². The molecule has 0 radical (unpaired) electrons. The van der Waals surface area contributed by atoms with E-state index in [1.165, 1.54) is 0 Å². The molecule has 1 atom stereocenters. The van der Waals surface area contributed by atoms with Crippen molar-refractivity contribution in [2.75, 3.05) is 32.1 Å². The third-order valence-corrected chi connectivity index (χ3v) is 4.77. The Hall–Kier alpha value is -1.83. The molecule has 1 fully saturated rings. The number of pyridine rings is 1. The van der Waals surface area contributed by atoms with Gasteiger partial charge in [0.2, 0.25) is 0 Å². The van der Waals surface area contributed by atoms with Crippen LogP contribution in [0.1, 0.15) is 35.8 Å². The van der Waals surface area contributed by atoms with Gasteiger partial charge in [-0.15, -0.1) is 0 Å². The van der Waals surface area contributed by atoms with Crippen molar-refractivity contribution < 1.29 is 18.0 Å². The number of alkyl halides is 3. The first-order valence-electron chi connectivity index (χ1n) is 7.90. The minimum atomic E-state index is -4.55. The molecule has 0 spiro atoms. The van der Waals surface area contributed by atoms with Crippen molar-refractivity contribution in [3.63, 3.8) is 0 Å². The Morgan fingerprint density at radius 3 is 2.38 bits per heavy atom. The average Bonchev–Trinajstić information content (AvgIpc) is 2.52. The van der Waals surface area contributed by atoms with Crippen LogP contribution in [0.4, 0.5) is 19.0 Å². The zero-order valence-electron chi connectivity index (χ0n) is 14.1. The Labute approximate surface area is 139 Å². The van der Waals surface area contributed by atoms with Gasteiger partial charge in [-0.05, 0) is 51.9 Å². The lowest BCUT2D eigenvalue weighted by atomic mass is 9.89. The average molecular weight is 344 g/mol. The van der Waals surface area contributed by atoms with Gasteiger partial charge in [-0.1, -0.05) is 0 Å². The van der Waals surface area contributed by atoms with Gasteiger partial charge >= 0.3 is 6.18 Å². The lowest BCUT2D eigenvalue weighted by Crippen LogP contribution is -2.42. The summed E-state index contributed by atoms with van der Waals surface area (Å²) >= 11 is 0. The van der Waals surface area contributed by atoms with Crippen LogP contribution in [-0.2, 0) is 6.18 Å². The first kappa shape index (κ1) is 18.5. The number of nitrogens with zero attached hydrogens (tertiary/aromatic N) is 3. The van der Waals surface area contributed by atoms with E-state index in [0.29, 0.717) is 25.0 Å². The van der Waals surface area contributed by atoms with E-state index >= 15 is 0 Å². The Kier molecular flexibility index (Phi) is 5.37. The molecule has 2 rings (SSSR count). The Morgan fingerprint density at radius 1 is 1.33 bits per heavy atom. The quantitative estimate of drug-likeness (QED) is 0.911. The predicted molar refractivity (Wildman–Crippen MR) is 85.8 cm³/mol. The topological polar surface area (TPSA) is 62.5 Å². The maximum Gasteiger partial charge on any atom is 0.433 e. The van der Waals surface area contributed by atoms with Crippen LogP contribution >= 0.6 is 0 Å². The van der Waals surface area contributed by atoms with Crippen LogP contribution in [0.5, 0.6) is 0 Å². The van der Waals surface area contributed by atoms with Crippen LogP contribution in [0.2, 0.25) is 0 Å². The second-order valence-corrected chi connectivity index (χ2v) is 6.46. The molecule has 1 aromatic heterocycles. The van der Waals surface area contributed by atoms with Crippen LogP contribution in [0.15, 0.2) is 12.1 Å². The number of primary amides is 1. The number of amides is 1. The SMILES string of the molecule is C[C@H](C1CCN(c2nc(C(F)(F)F)ccc2C(N)=O)CC1)N(C)C. The number of aromatic nitrogens is 1. The van der Waals surface area contributed by atoms with Crippen molar-refractivity contribution >= 4 is 11.7 Å². The zero-order valence-corrected chi connectivity index (χ0v) is 14.1. The molecule has 1 aromatic rings. The van der Waals surface area contributed by atoms with Gasteiger partial charge in [-0.25, -0.2) is 4.98 Å². The molecule has 2 N–H and O–H groups in total. The summed E-state index contributed by atoms with van der Waals surface area (Å²) in [5.74, 6) is -0.276. The number of hydrogen-bond acceptors (Lipinski definition) is 4. The summed E-state index contributed by atoms with van der Waals surface area (Å²) in [6.07, 6.45) is -2.90. The fourth-order valence-corrected chi connectivity index (χ4v) is 3.05. The third kappa shape index (κ3) is 3.98. The van der Waals surface area contributed by atoms with Gasteiger partial charge in [0, 0.05) is 19.1 Å². The molecular weight excluding hydrogens is 321 g/mol. The second kappa shape index (κ2) is 6.96. The van der Waals surface area contributed by atoms with E-state index in [9.17, 15) is 18.0 Å². The Morgan fingerprint density at radius 2 is 1.92 bits per heavy atom. The van der Waals surface area contributed by atoms with Gasteiger partial charge in [0.25, 0.3) is 5.91 Å². The van der Waals surface area contributed by atoms with Gasteiger partial charge < -0.3 is 15.5 Å². The van der Waals surface area contributed by atoms with Gasteiger partial charge in [0.05, 0.1) is 5.56 Å². The van der Waals surface area contributed by atoms with Crippen LogP contribution in [0.3, 0.4) is 0 Å². The number of anilines is 1. The van der Waals surface area contributed by atoms with E-state index in [-0.39, 0.29) is 11.4 Å². The normalized spacial score (nSPS) is 18.0. The van der Waals surface area contributed by atoms with Crippen molar-refractivity contribution in [2.24, 2.45) is 11.7 Å². The molecule has 1 saturated heterocycles. The van der Waals surface area contributed by atoms with Gasteiger partial charge in [-0.2, -0.15) is 13.2 Å². The molecular formula is C16H23F3N4O. The van der Waals surface area contributed by atoms with Gasteiger partial charge in [0.15, 0.2) is 0 Å². The molecule has 24 heavy (non-hydrogen) atoms. The lowest BCUT2D eigenvalue weighted by Gasteiger charge is -2.38. The predicted octanol–water partition coefficient (Wildman–Crippen LogP) is 2.37. The molecule has 5 nitrogen and oxygen atoms in total. The van der Waals surface area contributed by atoms with E-state index in [1.807, 2.05) is 14.1 Å². The Balaban J connectivity index is 2.24. The molecule has 0 saturated carbocycles. The van der Waals surface area contributed by atoms with E-state index in [1.54, 1.807) is 4.90 Å². The first-order valence-corrected chi connectivity index (χ1v) is 7.90. The van der Waals surface area contributed by atoms with Gasteiger partial charge in [-0.3, -0.25) is 4.79 Å². The number of nitrogens with two attached hydrogens (primary N) is 1. The monoisotopic (exact) mass is 344 g/mol. The number of piperidine rings is 1. The summed E-state index contributed by atoms with van der Waals surface area (Å²) in [6, 6.07) is 2.30. The first-order chi connectivity index (χ1) is 11.1. The summed E-state index contributed by atoms with van der Waals surface area (Å²) in [5, 5.41) is 0. The molecule has 0 aromatic carbocycles. The number of halogens is 3. The van der Waals surface area contributed by atoms with E-state index in [0.717, 1.165) is 25.0 Å². The molecule has 1 aliphatic heterocycles. The summed E-state index contributed by atoms with van der Waals surface area (Å²) < 4.78 is 38.8. The number of carbonyl (C=O) groups is 1. The number of hydrogen-bond donors (Lipinski definition) is 1. The molecule has 0 aliphatic carbocycles. The highest BCUT2D eigenvalue weighted by Gasteiger charge is 2.35. The maximum absolute atomic E-state index is 12.9. The fourth-order valence-electron chi connectivity index (χ4n) is 3.05. The standard InChI is InChI=1S/C16H23F3N4O/c1-10(22(2)3)11-6-8-23(9-7-11)15-12(14(20)24)4-5-13(21-15)16(17,18)19/h4-5,10-11H,6-9H2,1-3H3,(H2,20,24)/t10-/m1/s1. The van der Waals surface area contributed by atoms with Crippen molar-refractivity contribution in [3.8, 4) is 0 Å². The molecule has 1 amide bonds. The summed E-state index contributed by atoms with van der Waals surface area (Å²) in [4.78, 5) is 19.1. The zero-order chi connectivity index (χ0) is 18.1. The highest BCUT2D eigenvalue weighted by molar-refractivity contribution is 5.97. The highest BCUT2D eigenvalue weighted by atomic mass is 19.4. The molecule has 0 unspecified atom stereocenters.